The molecular weight excluding hydrogens is 442 g/mol. The van der Waals surface area contributed by atoms with Crippen molar-refractivity contribution in [2.24, 2.45) is 0 Å². The zero-order chi connectivity index (χ0) is 24.2. The number of carbonyl (C=O) groups is 1. The number of hydrogen-bond acceptors (Lipinski definition) is 6. The number of methoxy groups -OCH3 is 1. The number of nitrogens with zero attached hydrogens (tertiary/aromatic N) is 3. The summed E-state index contributed by atoms with van der Waals surface area (Å²) in [5, 5.41) is 1.03. The van der Waals surface area contributed by atoms with Crippen LogP contribution in [0, 0.1) is 6.92 Å². The Morgan fingerprint density at radius 3 is 2.63 bits per heavy atom. The Morgan fingerprint density at radius 1 is 1.11 bits per heavy atom. The average molecular weight is 476 g/mol. The van der Waals surface area contributed by atoms with E-state index in [0.29, 0.717) is 31.9 Å². The Kier molecular flexibility index (Phi) is 7.16. The molecule has 2 aromatic carbocycles. The number of fused-ring (bicyclic) bond motifs is 1. The lowest BCUT2D eigenvalue weighted by molar-refractivity contribution is 0.0507. The molecule has 3 heterocycles. The number of hydrogen-bond donors (Lipinski definition) is 0. The van der Waals surface area contributed by atoms with Crippen LogP contribution in [-0.4, -0.2) is 68.5 Å². The van der Waals surface area contributed by atoms with Gasteiger partial charge in [0, 0.05) is 55.4 Å². The first-order valence-electron chi connectivity index (χ1n) is 12.4. The molecule has 2 saturated heterocycles. The third-order valence-corrected chi connectivity index (χ3v) is 6.79. The van der Waals surface area contributed by atoms with Crippen molar-refractivity contribution in [2.45, 2.75) is 32.4 Å². The first-order chi connectivity index (χ1) is 17.1. The summed E-state index contributed by atoms with van der Waals surface area (Å²) in [6, 6.07) is 15.9. The highest BCUT2D eigenvalue weighted by Crippen LogP contribution is 2.29. The summed E-state index contributed by atoms with van der Waals surface area (Å²) < 4.78 is 16.9. The van der Waals surface area contributed by atoms with Crippen LogP contribution in [0.5, 0.6) is 5.75 Å². The number of pyridine rings is 1. The molecule has 2 aliphatic heterocycles. The Morgan fingerprint density at radius 2 is 1.91 bits per heavy atom. The molecule has 7 heteroatoms. The van der Waals surface area contributed by atoms with Gasteiger partial charge in [0.25, 0.3) is 5.91 Å². The number of ether oxygens (including phenoxy) is 3. The first-order valence-corrected chi connectivity index (χ1v) is 12.4. The third kappa shape index (κ3) is 5.41. The molecule has 0 spiro atoms. The average Bonchev–Trinajstić information content (AvgIpc) is 3.41. The van der Waals surface area contributed by atoms with Crippen LogP contribution in [-0.2, 0) is 16.0 Å². The quantitative estimate of drug-likeness (QED) is 0.510. The molecule has 0 aliphatic carbocycles. The van der Waals surface area contributed by atoms with Crippen molar-refractivity contribution < 1.29 is 19.0 Å². The van der Waals surface area contributed by atoms with Crippen molar-refractivity contribution in [1.29, 1.82) is 0 Å². The zero-order valence-corrected chi connectivity index (χ0v) is 20.5. The second kappa shape index (κ2) is 10.6. The highest BCUT2D eigenvalue weighted by Gasteiger charge is 2.26. The van der Waals surface area contributed by atoms with Gasteiger partial charge in [0.15, 0.2) is 0 Å². The van der Waals surface area contributed by atoms with Gasteiger partial charge in [-0.2, -0.15) is 0 Å². The number of amides is 1. The number of aryl methyl sites for hydroxylation is 1. The van der Waals surface area contributed by atoms with Crippen LogP contribution in [0.3, 0.4) is 0 Å². The second-order valence-electron chi connectivity index (χ2n) is 9.32. The van der Waals surface area contributed by atoms with Gasteiger partial charge in [0.2, 0.25) is 0 Å². The van der Waals surface area contributed by atoms with Crippen LogP contribution in [0.1, 0.15) is 34.3 Å². The summed E-state index contributed by atoms with van der Waals surface area (Å²) in [6.45, 7) is 6.70. The van der Waals surface area contributed by atoms with E-state index in [4.69, 9.17) is 19.2 Å². The number of rotatable bonds is 7. The van der Waals surface area contributed by atoms with Gasteiger partial charge in [-0.05, 0) is 50.1 Å². The SMILES string of the molecule is COc1ccc2cc(CN(C[C@H]3CCCO3)C(=O)c3ccc(C)cc3)c(N3CCOCC3)nc2c1. The largest absolute Gasteiger partial charge is 0.497 e. The van der Waals surface area contributed by atoms with E-state index >= 15 is 0 Å². The Labute approximate surface area is 206 Å². The highest BCUT2D eigenvalue weighted by atomic mass is 16.5. The molecule has 5 rings (SSSR count). The molecule has 184 valence electrons. The van der Waals surface area contributed by atoms with Crippen molar-refractivity contribution >= 4 is 22.6 Å². The summed E-state index contributed by atoms with van der Waals surface area (Å²) in [5.41, 5.74) is 3.74. The molecule has 2 aliphatic rings. The molecule has 3 aromatic rings. The van der Waals surface area contributed by atoms with E-state index in [1.165, 1.54) is 0 Å². The molecule has 0 unspecified atom stereocenters. The maximum atomic E-state index is 13.7. The van der Waals surface area contributed by atoms with Gasteiger partial charge in [-0.1, -0.05) is 17.7 Å². The van der Waals surface area contributed by atoms with Crippen molar-refractivity contribution in [3.05, 3.63) is 65.2 Å². The van der Waals surface area contributed by atoms with Crippen LogP contribution in [0.25, 0.3) is 10.9 Å². The zero-order valence-electron chi connectivity index (χ0n) is 20.5. The molecule has 35 heavy (non-hydrogen) atoms. The van der Waals surface area contributed by atoms with Gasteiger partial charge in [-0.3, -0.25) is 4.79 Å². The molecular formula is C28H33N3O4. The summed E-state index contributed by atoms with van der Waals surface area (Å²) in [6.07, 6.45) is 2.08. The van der Waals surface area contributed by atoms with Gasteiger partial charge < -0.3 is 24.0 Å². The van der Waals surface area contributed by atoms with E-state index in [-0.39, 0.29) is 12.0 Å². The summed E-state index contributed by atoms with van der Waals surface area (Å²) in [7, 11) is 1.66. The monoisotopic (exact) mass is 475 g/mol. The smallest absolute Gasteiger partial charge is 0.254 e. The molecule has 0 radical (unpaired) electrons. The fraction of sp³-hybridized carbons (Fsp3) is 0.429. The molecule has 0 saturated carbocycles. The molecule has 0 bridgehead atoms. The first kappa shape index (κ1) is 23.6. The van der Waals surface area contributed by atoms with Crippen LogP contribution in [0.15, 0.2) is 48.5 Å². The lowest BCUT2D eigenvalue weighted by Gasteiger charge is -2.32. The van der Waals surface area contributed by atoms with Gasteiger partial charge in [-0.15, -0.1) is 0 Å². The topological polar surface area (TPSA) is 64.1 Å². The standard InChI is InChI=1S/C28H33N3O4/c1-20-5-7-21(8-6-20)28(32)31(19-25-4-3-13-35-25)18-23-16-22-9-10-24(33-2)17-26(22)29-27(23)30-11-14-34-15-12-30/h5-10,16-17,25H,3-4,11-15,18-19H2,1-2H3/t25-/m1/s1. The van der Waals surface area contributed by atoms with E-state index in [2.05, 4.69) is 11.0 Å². The summed E-state index contributed by atoms with van der Waals surface area (Å²) in [4.78, 5) is 22.9. The minimum Gasteiger partial charge on any atom is -0.497 e. The number of morpholine rings is 1. The normalized spacial score (nSPS) is 18.1. The van der Waals surface area contributed by atoms with Gasteiger partial charge >= 0.3 is 0 Å². The fourth-order valence-corrected chi connectivity index (χ4v) is 4.81. The predicted molar refractivity (Wildman–Crippen MR) is 136 cm³/mol. The minimum atomic E-state index is 0.0169. The Bertz CT molecular complexity index is 1170. The minimum absolute atomic E-state index is 0.0169. The van der Waals surface area contributed by atoms with E-state index in [1.54, 1.807) is 7.11 Å². The number of aromatic nitrogens is 1. The van der Waals surface area contributed by atoms with E-state index in [0.717, 1.165) is 66.1 Å². The van der Waals surface area contributed by atoms with Gasteiger partial charge in [-0.25, -0.2) is 4.98 Å². The number of anilines is 1. The second-order valence-corrected chi connectivity index (χ2v) is 9.32. The van der Waals surface area contributed by atoms with Crippen LogP contribution < -0.4 is 9.64 Å². The Hall–Kier alpha value is -3.16. The van der Waals surface area contributed by atoms with E-state index in [1.807, 2.05) is 54.3 Å². The third-order valence-electron chi connectivity index (χ3n) is 6.79. The molecule has 2 fully saturated rings. The maximum Gasteiger partial charge on any atom is 0.254 e. The van der Waals surface area contributed by atoms with E-state index < -0.39 is 0 Å². The van der Waals surface area contributed by atoms with E-state index in [9.17, 15) is 4.79 Å². The van der Waals surface area contributed by atoms with Crippen LogP contribution in [0.4, 0.5) is 5.82 Å². The molecule has 1 aromatic heterocycles. The maximum absolute atomic E-state index is 13.7. The molecule has 7 nitrogen and oxygen atoms in total. The van der Waals surface area contributed by atoms with Crippen molar-refractivity contribution in [3.63, 3.8) is 0 Å². The van der Waals surface area contributed by atoms with Crippen molar-refractivity contribution in [3.8, 4) is 5.75 Å². The predicted octanol–water partition coefficient (Wildman–Crippen LogP) is 4.21. The summed E-state index contributed by atoms with van der Waals surface area (Å²) in [5.74, 6) is 1.70. The van der Waals surface area contributed by atoms with Gasteiger partial charge in [0.05, 0.1) is 31.9 Å². The Balaban J connectivity index is 1.52. The van der Waals surface area contributed by atoms with Crippen LogP contribution >= 0.6 is 0 Å². The number of benzene rings is 2. The van der Waals surface area contributed by atoms with Crippen molar-refractivity contribution in [1.82, 2.24) is 9.88 Å². The molecule has 1 amide bonds. The lowest BCUT2D eigenvalue weighted by atomic mass is 10.1. The summed E-state index contributed by atoms with van der Waals surface area (Å²) >= 11 is 0. The lowest BCUT2D eigenvalue weighted by Crippen LogP contribution is -2.40. The fourth-order valence-electron chi connectivity index (χ4n) is 4.81. The highest BCUT2D eigenvalue weighted by molar-refractivity contribution is 5.94. The van der Waals surface area contributed by atoms with Crippen LogP contribution in [0.2, 0.25) is 0 Å². The molecule has 0 N–H and O–H groups in total. The molecule has 1 atom stereocenters. The number of carbonyl (C=O) groups excluding carboxylic acids is 1. The van der Waals surface area contributed by atoms with Crippen molar-refractivity contribution in [2.75, 3.05) is 51.5 Å². The van der Waals surface area contributed by atoms with Gasteiger partial charge in [0.1, 0.15) is 11.6 Å².